The molecule has 1 aliphatic rings. The summed E-state index contributed by atoms with van der Waals surface area (Å²) in [5, 5.41) is 3.37. The molecule has 7 nitrogen and oxygen atoms in total. The maximum atomic E-state index is 13.0. The molecule has 1 unspecified atom stereocenters. The van der Waals surface area contributed by atoms with Crippen molar-refractivity contribution in [1.82, 2.24) is 9.55 Å². The average Bonchev–Trinajstić information content (AvgIpc) is 2.70. The highest BCUT2D eigenvalue weighted by Gasteiger charge is 2.26. The lowest BCUT2D eigenvalue weighted by molar-refractivity contribution is -0.120. The van der Waals surface area contributed by atoms with E-state index in [4.69, 9.17) is 9.47 Å². The van der Waals surface area contributed by atoms with Gasteiger partial charge < -0.3 is 14.8 Å². The van der Waals surface area contributed by atoms with Crippen LogP contribution in [0.3, 0.4) is 0 Å². The third-order valence-corrected chi connectivity index (χ3v) is 4.70. The summed E-state index contributed by atoms with van der Waals surface area (Å²) in [5.41, 5.74) is 0.960. The Morgan fingerprint density at radius 1 is 1.11 bits per heavy atom. The summed E-state index contributed by atoms with van der Waals surface area (Å²) in [6.07, 6.45) is 1.44. The van der Waals surface area contributed by atoms with E-state index in [-0.39, 0.29) is 17.4 Å². The van der Waals surface area contributed by atoms with Crippen LogP contribution in [-0.4, -0.2) is 28.7 Å². The van der Waals surface area contributed by atoms with Gasteiger partial charge in [0.1, 0.15) is 19.3 Å². The summed E-state index contributed by atoms with van der Waals surface area (Å²) in [6.45, 7) is 4.77. The highest BCUT2D eigenvalue weighted by atomic mass is 16.6. The van der Waals surface area contributed by atoms with Crippen LogP contribution >= 0.6 is 0 Å². The normalized spacial score (nSPS) is 14.1. The number of amides is 1. The van der Waals surface area contributed by atoms with E-state index in [1.54, 1.807) is 36.4 Å². The number of hydrogen-bond donors (Lipinski definition) is 1. The van der Waals surface area contributed by atoms with Gasteiger partial charge in [-0.25, -0.2) is 4.98 Å². The zero-order valence-electron chi connectivity index (χ0n) is 15.7. The quantitative estimate of drug-likeness (QED) is 0.754. The van der Waals surface area contributed by atoms with E-state index in [0.29, 0.717) is 41.3 Å². The van der Waals surface area contributed by atoms with Crippen molar-refractivity contribution in [2.24, 2.45) is 5.92 Å². The molecule has 4 rings (SSSR count). The number of benzene rings is 2. The highest BCUT2D eigenvalue weighted by Crippen LogP contribution is 2.33. The molecule has 7 heteroatoms. The summed E-state index contributed by atoms with van der Waals surface area (Å²) in [5.74, 6) is 0.845. The second-order valence-electron chi connectivity index (χ2n) is 7.01. The minimum atomic E-state index is -0.696. The second-order valence-corrected chi connectivity index (χ2v) is 7.01. The zero-order chi connectivity index (χ0) is 19.7. The summed E-state index contributed by atoms with van der Waals surface area (Å²) >= 11 is 0. The molecule has 144 valence electrons. The number of hydrogen-bond acceptors (Lipinski definition) is 5. The van der Waals surface area contributed by atoms with E-state index in [9.17, 15) is 9.59 Å². The van der Waals surface area contributed by atoms with Crippen molar-refractivity contribution < 1.29 is 14.3 Å². The molecule has 0 saturated heterocycles. The molecule has 0 radical (unpaired) electrons. The van der Waals surface area contributed by atoms with Crippen molar-refractivity contribution in [3.63, 3.8) is 0 Å². The smallest absolute Gasteiger partial charge is 0.261 e. The molecule has 28 heavy (non-hydrogen) atoms. The summed E-state index contributed by atoms with van der Waals surface area (Å²) in [6, 6.07) is 11.7. The van der Waals surface area contributed by atoms with Gasteiger partial charge >= 0.3 is 0 Å². The molecular formula is C21H21N3O4. The fourth-order valence-electron chi connectivity index (χ4n) is 3.37. The van der Waals surface area contributed by atoms with E-state index in [0.717, 1.165) is 0 Å². The fourth-order valence-corrected chi connectivity index (χ4v) is 3.37. The molecule has 2 heterocycles. The zero-order valence-corrected chi connectivity index (χ0v) is 15.7. The first-order valence-corrected chi connectivity index (χ1v) is 9.21. The minimum absolute atomic E-state index is 0.113. The van der Waals surface area contributed by atoms with Gasteiger partial charge in [-0.3, -0.25) is 14.2 Å². The van der Waals surface area contributed by atoms with Gasteiger partial charge in [-0.15, -0.1) is 0 Å². The van der Waals surface area contributed by atoms with Gasteiger partial charge in [0.2, 0.25) is 5.91 Å². The summed E-state index contributed by atoms with van der Waals surface area (Å²) in [7, 11) is 0. The Kier molecular flexibility index (Phi) is 4.73. The lowest BCUT2D eigenvalue weighted by Gasteiger charge is -2.23. The molecule has 0 spiro atoms. The molecule has 2 aromatic carbocycles. The first kappa shape index (κ1) is 18.0. The van der Waals surface area contributed by atoms with Gasteiger partial charge in [-0.1, -0.05) is 26.0 Å². The number of aromatic nitrogens is 2. The predicted octanol–water partition coefficient (Wildman–Crippen LogP) is 3.00. The molecular weight excluding hydrogens is 358 g/mol. The number of ether oxygens (including phenoxy) is 2. The highest BCUT2D eigenvalue weighted by molar-refractivity contribution is 5.94. The number of rotatable bonds is 4. The van der Waals surface area contributed by atoms with E-state index in [2.05, 4.69) is 10.3 Å². The first-order chi connectivity index (χ1) is 13.5. The molecule has 1 amide bonds. The van der Waals surface area contributed by atoms with Crippen LogP contribution in [0.15, 0.2) is 53.6 Å². The third kappa shape index (κ3) is 3.31. The molecule has 0 fully saturated rings. The standard InChI is InChI=1S/C21H21N3O4/c1-13(2)19(24-12-22-16-6-4-3-5-15(16)21(24)26)20(25)23-14-7-8-17-18(11-14)28-10-9-27-17/h3-8,11-13,19H,9-10H2,1-2H3,(H,23,25). The van der Waals surface area contributed by atoms with Crippen LogP contribution in [0.1, 0.15) is 19.9 Å². The average molecular weight is 379 g/mol. The van der Waals surface area contributed by atoms with Gasteiger partial charge in [-0.05, 0) is 30.2 Å². The number of carbonyl (C=O) groups is 1. The molecule has 1 atom stereocenters. The number of nitrogens with zero attached hydrogens (tertiary/aromatic N) is 2. The molecule has 1 aliphatic heterocycles. The van der Waals surface area contributed by atoms with Gasteiger partial charge in [0.15, 0.2) is 11.5 Å². The number of para-hydroxylation sites is 1. The number of anilines is 1. The molecule has 1 aromatic heterocycles. The molecule has 3 aromatic rings. The van der Waals surface area contributed by atoms with Crippen LogP contribution in [0.4, 0.5) is 5.69 Å². The van der Waals surface area contributed by atoms with Crippen LogP contribution in [0, 0.1) is 5.92 Å². The van der Waals surface area contributed by atoms with Gasteiger partial charge in [-0.2, -0.15) is 0 Å². The van der Waals surface area contributed by atoms with Gasteiger partial charge in [0, 0.05) is 11.8 Å². The fraction of sp³-hybridized carbons (Fsp3) is 0.286. The largest absolute Gasteiger partial charge is 0.486 e. The maximum Gasteiger partial charge on any atom is 0.261 e. The van der Waals surface area contributed by atoms with Crippen molar-refractivity contribution in [2.45, 2.75) is 19.9 Å². The van der Waals surface area contributed by atoms with E-state index in [1.807, 2.05) is 19.9 Å². The number of nitrogens with one attached hydrogen (secondary N) is 1. The molecule has 0 aliphatic carbocycles. The Morgan fingerprint density at radius 2 is 1.86 bits per heavy atom. The van der Waals surface area contributed by atoms with E-state index >= 15 is 0 Å². The van der Waals surface area contributed by atoms with Gasteiger partial charge in [0.05, 0.1) is 17.2 Å². The SMILES string of the molecule is CC(C)C(C(=O)Nc1ccc2c(c1)OCCO2)n1cnc2ccccc2c1=O. The van der Waals surface area contributed by atoms with Crippen LogP contribution in [0.2, 0.25) is 0 Å². The molecule has 0 saturated carbocycles. The lowest BCUT2D eigenvalue weighted by atomic mass is 10.0. The summed E-state index contributed by atoms with van der Waals surface area (Å²) in [4.78, 5) is 30.3. The van der Waals surface area contributed by atoms with E-state index < -0.39 is 6.04 Å². The second kappa shape index (κ2) is 7.34. The Labute approximate surface area is 161 Å². The molecule has 1 N–H and O–H groups in total. The third-order valence-electron chi connectivity index (χ3n) is 4.70. The van der Waals surface area contributed by atoms with Crippen LogP contribution in [0.5, 0.6) is 11.5 Å². The Hall–Kier alpha value is -3.35. The molecule has 0 bridgehead atoms. The first-order valence-electron chi connectivity index (χ1n) is 9.21. The van der Waals surface area contributed by atoms with Crippen molar-refractivity contribution in [1.29, 1.82) is 0 Å². The van der Waals surface area contributed by atoms with Crippen molar-refractivity contribution in [3.05, 3.63) is 59.1 Å². The number of fused-ring (bicyclic) bond motifs is 2. The van der Waals surface area contributed by atoms with E-state index in [1.165, 1.54) is 10.9 Å². The topological polar surface area (TPSA) is 82.4 Å². The van der Waals surface area contributed by atoms with Crippen LogP contribution in [0.25, 0.3) is 10.9 Å². The van der Waals surface area contributed by atoms with Gasteiger partial charge in [0.25, 0.3) is 5.56 Å². The summed E-state index contributed by atoms with van der Waals surface area (Å²) < 4.78 is 12.5. The lowest BCUT2D eigenvalue weighted by Crippen LogP contribution is -2.36. The van der Waals surface area contributed by atoms with Crippen LogP contribution in [-0.2, 0) is 4.79 Å². The Bertz CT molecular complexity index is 1090. The van der Waals surface area contributed by atoms with Crippen molar-refractivity contribution >= 4 is 22.5 Å². The van der Waals surface area contributed by atoms with Crippen molar-refractivity contribution in [3.8, 4) is 11.5 Å². The van der Waals surface area contributed by atoms with Crippen molar-refractivity contribution in [2.75, 3.05) is 18.5 Å². The Balaban J connectivity index is 1.66. The predicted molar refractivity (Wildman–Crippen MR) is 106 cm³/mol. The maximum absolute atomic E-state index is 13.0. The monoisotopic (exact) mass is 379 g/mol. The number of carbonyl (C=O) groups excluding carboxylic acids is 1. The Morgan fingerprint density at radius 3 is 2.64 bits per heavy atom. The minimum Gasteiger partial charge on any atom is -0.486 e. The van der Waals surface area contributed by atoms with Crippen LogP contribution < -0.4 is 20.3 Å².